The topological polar surface area (TPSA) is 56.0 Å². The van der Waals surface area contributed by atoms with Crippen LogP contribution in [0.1, 0.15) is 56.8 Å². The first-order valence-electron chi connectivity index (χ1n) is 10.7. The lowest BCUT2D eigenvalue weighted by molar-refractivity contribution is -0.479. The summed E-state index contributed by atoms with van der Waals surface area (Å²) < 4.78 is 0. The second-order valence-corrected chi connectivity index (χ2v) is 9.60. The first-order chi connectivity index (χ1) is 14.4. The Morgan fingerprint density at radius 1 is 1.00 bits per heavy atom. The molecule has 3 aromatic rings. The van der Waals surface area contributed by atoms with Crippen molar-refractivity contribution in [1.82, 2.24) is 4.98 Å². The highest BCUT2D eigenvalue weighted by molar-refractivity contribution is 7.15. The number of nitrogens with zero attached hydrogens (tertiary/aromatic N) is 2. The molecule has 1 aliphatic carbocycles. The molecule has 0 fully saturated rings. The van der Waals surface area contributed by atoms with Gasteiger partial charge in [-0.15, -0.1) is 11.3 Å². The number of fused-ring (bicyclic) bond motifs is 1. The van der Waals surface area contributed by atoms with E-state index in [1.807, 2.05) is 6.92 Å². The summed E-state index contributed by atoms with van der Waals surface area (Å²) in [6.45, 7) is 6.28. The molecule has 30 heavy (non-hydrogen) atoms. The van der Waals surface area contributed by atoms with E-state index in [4.69, 9.17) is 4.98 Å². The van der Waals surface area contributed by atoms with Gasteiger partial charge in [-0.2, -0.15) is 0 Å². The van der Waals surface area contributed by atoms with E-state index >= 15 is 0 Å². The molecule has 5 heteroatoms. The van der Waals surface area contributed by atoms with Crippen LogP contribution in [-0.2, 0) is 25.7 Å². The van der Waals surface area contributed by atoms with Crippen molar-refractivity contribution in [2.24, 2.45) is 0 Å². The van der Waals surface area contributed by atoms with Crippen LogP contribution in [0.5, 0.6) is 0 Å². The summed E-state index contributed by atoms with van der Waals surface area (Å²) >= 11 is 1.78. The second-order valence-electron chi connectivity index (χ2n) is 8.40. The Morgan fingerprint density at radius 2 is 1.70 bits per heavy atom. The summed E-state index contributed by atoms with van der Waals surface area (Å²) in [6.07, 6.45) is 6.26. The van der Waals surface area contributed by atoms with Gasteiger partial charge in [-0.25, -0.2) is 4.98 Å². The number of thiazole rings is 1. The van der Waals surface area contributed by atoms with Crippen molar-refractivity contribution >= 4 is 11.3 Å². The van der Waals surface area contributed by atoms with Gasteiger partial charge in [-0.3, -0.25) is 10.1 Å². The zero-order valence-electron chi connectivity index (χ0n) is 18.0. The largest absolute Gasteiger partial charge is 0.265 e. The van der Waals surface area contributed by atoms with Gasteiger partial charge in [0, 0.05) is 28.2 Å². The Labute approximate surface area is 182 Å². The molecule has 0 atom stereocenters. The summed E-state index contributed by atoms with van der Waals surface area (Å²) in [6, 6.07) is 11.2. The van der Waals surface area contributed by atoms with E-state index in [9.17, 15) is 10.1 Å². The molecule has 0 saturated heterocycles. The van der Waals surface area contributed by atoms with Crippen molar-refractivity contribution in [2.45, 2.75) is 59.3 Å². The molecular formula is C25H28N2O2S. The maximum Gasteiger partial charge on any atom is 0.207 e. The van der Waals surface area contributed by atoms with Crippen LogP contribution >= 0.6 is 11.3 Å². The minimum absolute atomic E-state index is 0.0189. The molecule has 1 aromatic heterocycles. The zero-order valence-corrected chi connectivity index (χ0v) is 18.8. The Kier molecular flexibility index (Phi) is 6.00. The molecule has 1 heterocycles. The fourth-order valence-electron chi connectivity index (χ4n) is 4.37. The van der Waals surface area contributed by atoms with Crippen LogP contribution in [0.3, 0.4) is 0 Å². The molecule has 0 aliphatic heterocycles. The Hall–Kier alpha value is -2.53. The normalized spacial score (nSPS) is 13.3. The number of rotatable bonds is 6. The standard InChI is InChI=1S/C25H28N2O2S/c1-16-13-23(17(2)12-20(16)10-11-27(28)29)15-24-18(3)30-25(26-24)22-9-8-19-6-4-5-7-21(19)14-22/h8-9,12-14H,4-7,10-11,15H2,1-3H3. The van der Waals surface area contributed by atoms with E-state index in [0.717, 1.165) is 28.2 Å². The maximum absolute atomic E-state index is 10.7. The van der Waals surface area contributed by atoms with Crippen molar-refractivity contribution in [3.05, 3.63) is 84.4 Å². The van der Waals surface area contributed by atoms with Gasteiger partial charge in [-0.05, 0) is 85.9 Å². The third kappa shape index (κ3) is 4.46. The maximum atomic E-state index is 10.7. The van der Waals surface area contributed by atoms with Gasteiger partial charge in [-0.1, -0.05) is 24.3 Å². The summed E-state index contributed by atoms with van der Waals surface area (Å²) in [7, 11) is 0. The minimum Gasteiger partial charge on any atom is -0.265 e. The molecule has 0 amide bonds. The lowest BCUT2D eigenvalue weighted by Crippen LogP contribution is -2.06. The first kappa shape index (κ1) is 20.7. The van der Waals surface area contributed by atoms with Crippen molar-refractivity contribution < 1.29 is 4.92 Å². The van der Waals surface area contributed by atoms with Crippen LogP contribution in [0.4, 0.5) is 0 Å². The van der Waals surface area contributed by atoms with E-state index in [2.05, 4.69) is 44.2 Å². The molecule has 0 unspecified atom stereocenters. The van der Waals surface area contributed by atoms with E-state index in [-0.39, 0.29) is 11.5 Å². The van der Waals surface area contributed by atoms with E-state index in [1.54, 1.807) is 11.3 Å². The van der Waals surface area contributed by atoms with Gasteiger partial charge in [0.05, 0.1) is 5.69 Å². The average Bonchev–Trinajstić information content (AvgIpc) is 3.09. The molecule has 0 spiro atoms. The van der Waals surface area contributed by atoms with Gasteiger partial charge < -0.3 is 0 Å². The van der Waals surface area contributed by atoms with E-state index in [1.165, 1.54) is 58.4 Å². The predicted octanol–water partition coefficient (Wildman–Crippen LogP) is 6.02. The first-order valence-corrected chi connectivity index (χ1v) is 11.5. The smallest absolute Gasteiger partial charge is 0.207 e. The highest BCUT2D eigenvalue weighted by Gasteiger charge is 2.15. The number of aromatic nitrogens is 1. The van der Waals surface area contributed by atoms with Crippen LogP contribution in [0.15, 0.2) is 30.3 Å². The quantitative estimate of drug-likeness (QED) is 0.362. The van der Waals surface area contributed by atoms with Crippen molar-refractivity contribution in [2.75, 3.05) is 6.54 Å². The van der Waals surface area contributed by atoms with E-state index < -0.39 is 0 Å². The second kappa shape index (κ2) is 8.68. The van der Waals surface area contributed by atoms with Crippen molar-refractivity contribution in [3.8, 4) is 10.6 Å². The highest BCUT2D eigenvalue weighted by atomic mass is 32.1. The molecule has 2 aromatic carbocycles. The lowest BCUT2D eigenvalue weighted by atomic mass is 9.90. The average molecular weight is 421 g/mol. The lowest BCUT2D eigenvalue weighted by Gasteiger charge is -2.15. The fourth-order valence-corrected chi connectivity index (χ4v) is 5.30. The summed E-state index contributed by atoms with van der Waals surface area (Å²) in [5.41, 5.74) is 9.99. The number of hydrogen-bond acceptors (Lipinski definition) is 4. The molecule has 4 nitrogen and oxygen atoms in total. The molecule has 0 N–H and O–H groups in total. The summed E-state index contributed by atoms with van der Waals surface area (Å²) in [5, 5.41) is 11.8. The fraction of sp³-hybridized carbons (Fsp3) is 0.400. The molecule has 0 saturated carbocycles. The summed E-state index contributed by atoms with van der Waals surface area (Å²) in [5.74, 6) is 0. The number of benzene rings is 2. The van der Waals surface area contributed by atoms with Gasteiger partial charge in [0.15, 0.2) is 0 Å². The van der Waals surface area contributed by atoms with E-state index in [0.29, 0.717) is 6.42 Å². The van der Waals surface area contributed by atoms with Crippen molar-refractivity contribution in [1.29, 1.82) is 0 Å². The third-order valence-electron chi connectivity index (χ3n) is 6.20. The zero-order chi connectivity index (χ0) is 21.3. The Bertz CT molecular complexity index is 1100. The Balaban J connectivity index is 1.57. The number of aryl methyl sites for hydroxylation is 5. The van der Waals surface area contributed by atoms with Crippen molar-refractivity contribution in [3.63, 3.8) is 0 Å². The van der Waals surface area contributed by atoms with Gasteiger partial charge in [0.2, 0.25) is 6.54 Å². The minimum atomic E-state index is -0.246. The molecule has 1 aliphatic rings. The number of nitro groups is 1. The van der Waals surface area contributed by atoms with Crippen LogP contribution in [-0.4, -0.2) is 16.5 Å². The van der Waals surface area contributed by atoms with Gasteiger partial charge >= 0.3 is 0 Å². The van der Waals surface area contributed by atoms with Crippen LogP contribution < -0.4 is 0 Å². The van der Waals surface area contributed by atoms with Crippen LogP contribution in [0.2, 0.25) is 0 Å². The molecule has 0 radical (unpaired) electrons. The van der Waals surface area contributed by atoms with Gasteiger partial charge in [0.25, 0.3) is 0 Å². The van der Waals surface area contributed by atoms with Crippen LogP contribution in [0.25, 0.3) is 10.6 Å². The molecule has 0 bridgehead atoms. The molecule has 156 valence electrons. The number of hydrogen-bond donors (Lipinski definition) is 0. The van der Waals surface area contributed by atoms with Gasteiger partial charge in [0.1, 0.15) is 5.01 Å². The highest BCUT2D eigenvalue weighted by Crippen LogP contribution is 2.32. The summed E-state index contributed by atoms with van der Waals surface area (Å²) in [4.78, 5) is 16.7. The Morgan fingerprint density at radius 3 is 2.47 bits per heavy atom. The monoisotopic (exact) mass is 420 g/mol. The molecule has 4 rings (SSSR count). The van der Waals surface area contributed by atoms with Crippen LogP contribution in [0, 0.1) is 30.9 Å². The predicted molar refractivity (Wildman–Crippen MR) is 123 cm³/mol. The molecular weight excluding hydrogens is 392 g/mol. The third-order valence-corrected chi connectivity index (χ3v) is 7.27. The SMILES string of the molecule is Cc1cc(Cc2nc(-c3ccc4c(c3)CCCC4)sc2C)c(C)cc1CC[N+](=O)[O-].